The number of sulfonamides is 1. The molecule has 0 unspecified atom stereocenters. The minimum atomic E-state index is -4.64. The Morgan fingerprint density at radius 3 is 2.10 bits per heavy atom. The van der Waals surface area contributed by atoms with Crippen LogP contribution in [0.25, 0.3) is 22.4 Å². The number of halogens is 3. The largest absolute Gasteiger partial charge is 0.433 e. The first kappa shape index (κ1) is 22.0. The number of primary sulfonamides is 1. The summed E-state index contributed by atoms with van der Waals surface area (Å²) in [6.07, 6.45) is -4.64. The molecule has 0 aliphatic heterocycles. The summed E-state index contributed by atoms with van der Waals surface area (Å²) in [6.45, 7) is 0.403. The lowest BCUT2D eigenvalue weighted by atomic mass is 9.98. The Bertz CT molecular complexity index is 1120. The van der Waals surface area contributed by atoms with E-state index in [1.165, 1.54) is 24.3 Å². The number of hydrogen-bond donors (Lipinski definition) is 1. The molecule has 3 aromatic rings. The minimum absolute atomic E-state index is 0.0386. The predicted molar refractivity (Wildman–Crippen MR) is 108 cm³/mol. The second-order valence-corrected chi connectivity index (χ2v) is 8.59. The Morgan fingerprint density at radius 1 is 1.00 bits per heavy atom. The van der Waals surface area contributed by atoms with Gasteiger partial charge in [0.05, 0.1) is 11.4 Å². The number of alkyl halides is 3. The Balaban J connectivity index is 2.26. The molecule has 0 saturated carbocycles. The van der Waals surface area contributed by atoms with Gasteiger partial charge in [-0.2, -0.15) is 18.3 Å². The van der Waals surface area contributed by atoms with E-state index in [1.54, 1.807) is 49.3 Å². The third-order valence-corrected chi connectivity index (χ3v) is 5.43. The molecule has 0 spiro atoms. The van der Waals surface area contributed by atoms with Crippen molar-refractivity contribution in [1.82, 2.24) is 14.7 Å². The standard InChI is InChI=1S/C20H21F3N4O2S/c1-26(2)12-13-27-19(20(21,22)23)17(14-6-4-3-5-7-14)18(25-27)15-8-10-16(11-9-15)30(24,28)29/h3-11H,12-13H2,1-2H3,(H2,24,28,29). The summed E-state index contributed by atoms with van der Waals surface area (Å²) < 4.78 is 66.3. The van der Waals surface area contributed by atoms with Gasteiger partial charge in [0.15, 0.2) is 5.69 Å². The lowest BCUT2D eigenvalue weighted by Gasteiger charge is -2.15. The van der Waals surface area contributed by atoms with E-state index in [4.69, 9.17) is 5.14 Å². The lowest BCUT2D eigenvalue weighted by Crippen LogP contribution is -2.23. The smallest absolute Gasteiger partial charge is 0.308 e. The molecule has 0 amide bonds. The molecule has 3 rings (SSSR count). The van der Waals surface area contributed by atoms with Crippen LogP contribution >= 0.6 is 0 Å². The number of aromatic nitrogens is 2. The fourth-order valence-corrected chi connectivity index (χ4v) is 3.60. The van der Waals surface area contributed by atoms with Gasteiger partial charge < -0.3 is 4.90 Å². The summed E-state index contributed by atoms with van der Waals surface area (Å²) in [5.41, 5.74) is -0.0543. The van der Waals surface area contributed by atoms with Crippen LogP contribution in [0.1, 0.15) is 5.69 Å². The number of rotatable bonds is 6. The molecule has 160 valence electrons. The average molecular weight is 438 g/mol. The van der Waals surface area contributed by atoms with E-state index in [9.17, 15) is 21.6 Å². The summed E-state index contributed by atoms with van der Waals surface area (Å²) in [5, 5.41) is 9.40. The molecule has 6 nitrogen and oxygen atoms in total. The third kappa shape index (κ3) is 4.72. The predicted octanol–water partition coefficient (Wildman–Crippen LogP) is 3.44. The zero-order valence-electron chi connectivity index (χ0n) is 16.4. The highest BCUT2D eigenvalue weighted by Crippen LogP contribution is 2.42. The molecule has 10 heteroatoms. The highest BCUT2D eigenvalue weighted by atomic mass is 32.2. The van der Waals surface area contributed by atoms with Gasteiger partial charge in [0, 0.05) is 17.7 Å². The Kier molecular flexibility index (Phi) is 6.02. The van der Waals surface area contributed by atoms with E-state index >= 15 is 0 Å². The number of nitrogens with zero attached hydrogens (tertiary/aromatic N) is 3. The van der Waals surface area contributed by atoms with Crippen LogP contribution in [-0.4, -0.2) is 43.7 Å². The van der Waals surface area contributed by atoms with Crippen LogP contribution in [0.3, 0.4) is 0 Å². The van der Waals surface area contributed by atoms with E-state index in [1.807, 2.05) is 0 Å². The summed E-state index contributed by atoms with van der Waals surface area (Å²) in [5.74, 6) is 0. The van der Waals surface area contributed by atoms with Crippen molar-refractivity contribution in [3.05, 3.63) is 60.3 Å². The van der Waals surface area contributed by atoms with Crippen LogP contribution in [0.15, 0.2) is 59.5 Å². The molecular formula is C20H21F3N4O2S. The molecule has 1 aromatic heterocycles. The molecule has 0 saturated heterocycles. The van der Waals surface area contributed by atoms with Crippen LogP contribution < -0.4 is 5.14 Å². The normalized spacial score (nSPS) is 12.5. The van der Waals surface area contributed by atoms with Crippen LogP contribution in [0.4, 0.5) is 13.2 Å². The minimum Gasteiger partial charge on any atom is -0.308 e. The van der Waals surface area contributed by atoms with Gasteiger partial charge in [-0.3, -0.25) is 4.68 Å². The first-order chi connectivity index (χ1) is 14.0. The molecule has 0 radical (unpaired) electrons. The summed E-state index contributed by atoms with van der Waals surface area (Å²) in [7, 11) is -0.388. The molecule has 1 heterocycles. The topological polar surface area (TPSA) is 81.2 Å². The molecule has 0 atom stereocenters. The Morgan fingerprint density at radius 2 is 1.60 bits per heavy atom. The van der Waals surface area contributed by atoms with Gasteiger partial charge in [-0.15, -0.1) is 0 Å². The van der Waals surface area contributed by atoms with E-state index in [-0.39, 0.29) is 22.7 Å². The highest BCUT2D eigenvalue weighted by molar-refractivity contribution is 7.89. The second-order valence-electron chi connectivity index (χ2n) is 7.03. The van der Waals surface area contributed by atoms with E-state index in [2.05, 4.69) is 5.10 Å². The zero-order valence-corrected chi connectivity index (χ0v) is 17.2. The first-order valence-corrected chi connectivity index (χ1v) is 10.5. The van der Waals surface area contributed by atoms with Crippen LogP contribution in [-0.2, 0) is 22.7 Å². The van der Waals surface area contributed by atoms with Gasteiger partial charge in [0.1, 0.15) is 5.69 Å². The Hall–Kier alpha value is -2.69. The van der Waals surface area contributed by atoms with Gasteiger partial charge >= 0.3 is 6.18 Å². The maximum Gasteiger partial charge on any atom is 0.433 e. The second kappa shape index (κ2) is 8.21. The number of nitrogens with two attached hydrogens (primary N) is 1. The van der Waals surface area contributed by atoms with Crippen molar-refractivity contribution in [3.8, 4) is 22.4 Å². The van der Waals surface area contributed by atoms with Crippen molar-refractivity contribution >= 4 is 10.0 Å². The molecule has 0 aliphatic rings. The maximum absolute atomic E-state index is 14.1. The van der Waals surface area contributed by atoms with Crippen molar-refractivity contribution in [3.63, 3.8) is 0 Å². The number of likely N-dealkylation sites (N-methyl/N-ethyl adjacent to an activating group) is 1. The lowest BCUT2D eigenvalue weighted by molar-refractivity contribution is -0.143. The molecule has 2 N–H and O–H groups in total. The van der Waals surface area contributed by atoms with E-state index in [0.717, 1.165) is 4.68 Å². The summed E-state index contributed by atoms with van der Waals surface area (Å²) in [6, 6.07) is 13.5. The highest BCUT2D eigenvalue weighted by Gasteiger charge is 2.40. The van der Waals surface area contributed by atoms with Gasteiger partial charge in [-0.1, -0.05) is 42.5 Å². The van der Waals surface area contributed by atoms with Crippen LogP contribution in [0.2, 0.25) is 0 Å². The van der Waals surface area contributed by atoms with Crippen LogP contribution in [0, 0.1) is 0 Å². The summed E-state index contributed by atoms with van der Waals surface area (Å²) in [4.78, 5) is 1.64. The molecule has 0 fully saturated rings. The summed E-state index contributed by atoms with van der Waals surface area (Å²) >= 11 is 0. The fraction of sp³-hybridized carbons (Fsp3) is 0.250. The van der Waals surface area contributed by atoms with Gasteiger partial charge in [-0.05, 0) is 31.8 Å². The van der Waals surface area contributed by atoms with Crippen molar-refractivity contribution in [2.75, 3.05) is 20.6 Å². The average Bonchev–Trinajstić information content (AvgIpc) is 3.06. The van der Waals surface area contributed by atoms with Crippen LogP contribution in [0.5, 0.6) is 0 Å². The number of benzene rings is 2. The van der Waals surface area contributed by atoms with Crippen molar-refractivity contribution < 1.29 is 21.6 Å². The zero-order chi connectivity index (χ0) is 22.1. The maximum atomic E-state index is 14.1. The third-order valence-electron chi connectivity index (χ3n) is 4.50. The SMILES string of the molecule is CN(C)CCn1nc(-c2ccc(S(N)(=O)=O)cc2)c(-c2ccccc2)c1C(F)(F)F. The quantitative estimate of drug-likeness (QED) is 0.639. The molecular weight excluding hydrogens is 417 g/mol. The molecule has 2 aromatic carbocycles. The van der Waals surface area contributed by atoms with E-state index in [0.29, 0.717) is 17.7 Å². The van der Waals surface area contributed by atoms with Crippen molar-refractivity contribution in [2.24, 2.45) is 5.14 Å². The van der Waals surface area contributed by atoms with Gasteiger partial charge in [-0.25, -0.2) is 13.6 Å². The Labute approximate surface area is 172 Å². The monoisotopic (exact) mass is 438 g/mol. The van der Waals surface area contributed by atoms with Crippen molar-refractivity contribution in [1.29, 1.82) is 0 Å². The van der Waals surface area contributed by atoms with Gasteiger partial charge in [0.25, 0.3) is 0 Å². The first-order valence-electron chi connectivity index (χ1n) is 9.00. The molecule has 0 bridgehead atoms. The number of hydrogen-bond acceptors (Lipinski definition) is 4. The fourth-order valence-electron chi connectivity index (χ4n) is 3.09. The molecule has 30 heavy (non-hydrogen) atoms. The van der Waals surface area contributed by atoms with E-state index < -0.39 is 21.9 Å². The van der Waals surface area contributed by atoms with Crippen molar-refractivity contribution in [2.45, 2.75) is 17.6 Å². The van der Waals surface area contributed by atoms with Gasteiger partial charge in [0.2, 0.25) is 10.0 Å². The molecule has 0 aliphatic carbocycles.